The van der Waals surface area contributed by atoms with Crippen LogP contribution >= 0.6 is 0 Å². The molecule has 0 aliphatic carbocycles. The summed E-state index contributed by atoms with van der Waals surface area (Å²) < 4.78 is 13.1. The Hall–Kier alpha value is -3.27. The van der Waals surface area contributed by atoms with Crippen LogP contribution in [0.3, 0.4) is 0 Å². The van der Waals surface area contributed by atoms with Gasteiger partial charge >= 0.3 is 0 Å². The van der Waals surface area contributed by atoms with E-state index in [2.05, 4.69) is 4.99 Å². The summed E-state index contributed by atoms with van der Waals surface area (Å²) in [5.41, 5.74) is 3.27. The molecule has 1 amide bonds. The number of carbonyl (C=O) groups is 1. The topological polar surface area (TPSA) is 32.7 Å². The van der Waals surface area contributed by atoms with Crippen LogP contribution in [0, 0.1) is 5.82 Å². The molecule has 0 unspecified atom stereocenters. The van der Waals surface area contributed by atoms with E-state index >= 15 is 0 Å². The number of hydrogen-bond acceptors (Lipinski definition) is 2. The molecule has 3 nitrogen and oxygen atoms in total. The number of para-hydroxylation sites is 2. The molecule has 1 aliphatic rings. The van der Waals surface area contributed by atoms with Crippen LogP contribution in [0.15, 0.2) is 83.9 Å². The molecule has 3 aromatic rings. The number of aliphatic imine (C=N–C) groups is 1. The van der Waals surface area contributed by atoms with Crippen LogP contribution in [0.25, 0.3) is 0 Å². The number of hydrogen-bond donors (Lipinski definition) is 0. The van der Waals surface area contributed by atoms with Crippen molar-refractivity contribution in [3.8, 4) is 0 Å². The van der Waals surface area contributed by atoms with Crippen LogP contribution in [0.4, 0.5) is 21.5 Å². The summed E-state index contributed by atoms with van der Waals surface area (Å²) in [4.78, 5) is 19.1. The smallest absolute Gasteiger partial charge is 0.275 e. The summed E-state index contributed by atoms with van der Waals surface area (Å²) >= 11 is 0. The number of halogens is 1. The lowest BCUT2D eigenvalue weighted by Crippen LogP contribution is -2.25. The zero-order chi connectivity index (χ0) is 16.5. The van der Waals surface area contributed by atoms with Gasteiger partial charge in [-0.25, -0.2) is 9.38 Å². The predicted octanol–water partition coefficient (Wildman–Crippen LogP) is 4.62. The first kappa shape index (κ1) is 14.3. The van der Waals surface area contributed by atoms with Crippen LogP contribution < -0.4 is 4.90 Å². The number of anilines is 2. The van der Waals surface area contributed by atoms with Gasteiger partial charge in [0.25, 0.3) is 5.91 Å². The van der Waals surface area contributed by atoms with Gasteiger partial charge in [-0.05, 0) is 42.5 Å². The molecule has 0 aromatic heterocycles. The molecule has 0 fully saturated rings. The second kappa shape index (κ2) is 5.74. The van der Waals surface area contributed by atoms with Crippen molar-refractivity contribution in [2.45, 2.75) is 0 Å². The largest absolute Gasteiger partial charge is 0.282 e. The number of carbonyl (C=O) groups excluding carboxylic acids is 1. The predicted molar refractivity (Wildman–Crippen MR) is 92.6 cm³/mol. The molecule has 4 heteroatoms. The fourth-order valence-electron chi connectivity index (χ4n) is 2.79. The van der Waals surface area contributed by atoms with Gasteiger partial charge in [0.2, 0.25) is 0 Å². The third-order valence-electron chi connectivity index (χ3n) is 3.89. The van der Waals surface area contributed by atoms with Crippen LogP contribution in [-0.4, -0.2) is 11.6 Å². The maximum Gasteiger partial charge on any atom is 0.282 e. The second-order valence-corrected chi connectivity index (χ2v) is 5.43. The third kappa shape index (κ3) is 2.38. The van der Waals surface area contributed by atoms with Gasteiger partial charge in [0.05, 0.1) is 11.4 Å². The van der Waals surface area contributed by atoms with Crippen molar-refractivity contribution in [1.29, 1.82) is 0 Å². The maximum atomic E-state index is 13.1. The van der Waals surface area contributed by atoms with Crippen LogP contribution in [0.2, 0.25) is 0 Å². The lowest BCUT2D eigenvalue weighted by Gasteiger charge is -2.16. The highest BCUT2D eigenvalue weighted by Gasteiger charge is 2.34. The van der Waals surface area contributed by atoms with Crippen molar-refractivity contribution in [1.82, 2.24) is 0 Å². The van der Waals surface area contributed by atoms with Crippen molar-refractivity contribution in [3.05, 3.63) is 90.2 Å². The molecular formula is C20H13FN2O. The average Bonchev–Trinajstić information content (AvgIpc) is 2.90. The van der Waals surface area contributed by atoms with Crippen LogP contribution in [-0.2, 0) is 4.79 Å². The highest BCUT2D eigenvalue weighted by molar-refractivity contribution is 6.56. The Labute approximate surface area is 138 Å². The summed E-state index contributed by atoms with van der Waals surface area (Å²) in [5, 5.41) is 0. The van der Waals surface area contributed by atoms with Gasteiger partial charge in [-0.2, -0.15) is 0 Å². The van der Waals surface area contributed by atoms with Crippen molar-refractivity contribution >= 4 is 28.7 Å². The van der Waals surface area contributed by atoms with Crippen molar-refractivity contribution < 1.29 is 9.18 Å². The third-order valence-corrected chi connectivity index (χ3v) is 3.89. The standard InChI is InChI=1S/C20H13FN2O/c21-14-10-12-15(13-11-14)22-19-17-8-4-5-9-18(17)23(20(19)24)16-6-2-1-3-7-16/h1-13H/b22-19-. The fourth-order valence-corrected chi connectivity index (χ4v) is 2.79. The number of nitrogens with zero attached hydrogens (tertiary/aromatic N) is 2. The first-order chi connectivity index (χ1) is 11.7. The van der Waals surface area contributed by atoms with Crippen molar-refractivity contribution in [2.75, 3.05) is 4.90 Å². The molecule has 0 spiro atoms. The molecule has 4 rings (SSSR count). The SMILES string of the molecule is O=C1/C(=N\c2ccc(F)cc2)c2ccccc2N1c1ccccc1. The normalized spacial score (nSPS) is 15.0. The lowest BCUT2D eigenvalue weighted by atomic mass is 10.1. The molecular weight excluding hydrogens is 303 g/mol. The molecule has 24 heavy (non-hydrogen) atoms. The first-order valence-corrected chi connectivity index (χ1v) is 7.57. The monoisotopic (exact) mass is 316 g/mol. The van der Waals surface area contributed by atoms with E-state index in [-0.39, 0.29) is 11.7 Å². The Morgan fingerprint density at radius 3 is 2.21 bits per heavy atom. The molecule has 0 saturated carbocycles. The Morgan fingerprint density at radius 1 is 0.792 bits per heavy atom. The van der Waals surface area contributed by atoms with E-state index in [1.807, 2.05) is 54.6 Å². The summed E-state index contributed by atoms with van der Waals surface area (Å²) in [6.45, 7) is 0. The van der Waals surface area contributed by atoms with Crippen LogP contribution in [0.5, 0.6) is 0 Å². The van der Waals surface area contributed by atoms with E-state index in [4.69, 9.17) is 0 Å². The Bertz CT molecular complexity index is 933. The van der Waals surface area contributed by atoms with E-state index in [9.17, 15) is 9.18 Å². The molecule has 1 heterocycles. The molecule has 1 aliphatic heterocycles. The Balaban J connectivity index is 1.85. The number of fused-ring (bicyclic) bond motifs is 1. The van der Waals surface area contributed by atoms with Crippen molar-refractivity contribution in [2.24, 2.45) is 4.99 Å². The molecule has 0 radical (unpaired) electrons. The van der Waals surface area contributed by atoms with Gasteiger partial charge in [0.15, 0.2) is 0 Å². The molecule has 116 valence electrons. The van der Waals surface area contributed by atoms with Gasteiger partial charge in [0, 0.05) is 11.3 Å². The molecule has 0 atom stereocenters. The Morgan fingerprint density at radius 2 is 1.46 bits per heavy atom. The quantitative estimate of drug-likeness (QED) is 0.678. The molecule has 3 aromatic carbocycles. The highest BCUT2D eigenvalue weighted by Crippen LogP contribution is 2.36. The maximum absolute atomic E-state index is 13.1. The van der Waals surface area contributed by atoms with Gasteiger partial charge < -0.3 is 0 Å². The molecule has 0 N–H and O–H groups in total. The second-order valence-electron chi connectivity index (χ2n) is 5.43. The van der Waals surface area contributed by atoms with Crippen LogP contribution in [0.1, 0.15) is 5.56 Å². The van der Waals surface area contributed by atoms with E-state index in [1.54, 1.807) is 17.0 Å². The van der Waals surface area contributed by atoms with E-state index < -0.39 is 0 Å². The van der Waals surface area contributed by atoms with Gasteiger partial charge in [-0.3, -0.25) is 9.69 Å². The zero-order valence-corrected chi connectivity index (χ0v) is 12.7. The number of rotatable bonds is 2. The summed E-state index contributed by atoms with van der Waals surface area (Å²) in [5.74, 6) is -0.519. The fraction of sp³-hybridized carbons (Fsp3) is 0. The van der Waals surface area contributed by atoms with Crippen molar-refractivity contribution in [3.63, 3.8) is 0 Å². The summed E-state index contributed by atoms with van der Waals surface area (Å²) in [6, 6.07) is 22.8. The average molecular weight is 316 g/mol. The van der Waals surface area contributed by atoms with Gasteiger partial charge in [0.1, 0.15) is 11.5 Å². The number of benzene rings is 3. The zero-order valence-electron chi connectivity index (χ0n) is 12.7. The minimum Gasteiger partial charge on any atom is -0.275 e. The first-order valence-electron chi connectivity index (χ1n) is 7.57. The number of amides is 1. The summed E-state index contributed by atoms with van der Waals surface area (Å²) in [6.07, 6.45) is 0. The van der Waals surface area contributed by atoms with E-state index in [1.165, 1.54) is 12.1 Å². The molecule has 0 bridgehead atoms. The van der Waals surface area contributed by atoms with E-state index in [0.29, 0.717) is 11.4 Å². The minimum absolute atomic E-state index is 0.188. The summed E-state index contributed by atoms with van der Waals surface area (Å²) in [7, 11) is 0. The molecule has 0 saturated heterocycles. The highest BCUT2D eigenvalue weighted by atomic mass is 19.1. The van der Waals surface area contributed by atoms with E-state index in [0.717, 1.165) is 16.9 Å². The van der Waals surface area contributed by atoms with Gasteiger partial charge in [-0.1, -0.05) is 36.4 Å². The Kier molecular flexibility index (Phi) is 3.43. The lowest BCUT2D eigenvalue weighted by molar-refractivity contribution is -0.111. The minimum atomic E-state index is -0.331. The van der Waals surface area contributed by atoms with Gasteiger partial charge in [-0.15, -0.1) is 0 Å².